The van der Waals surface area contributed by atoms with Gasteiger partial charge < -0.3 is 0 Å². The van der Waals surface area contributed by atoms with Gasteiger partial charge in [-0.05, 0) is 44.0 Å². The van der Waals surface area contributed by atoms with Crippen molar-refractivity contribution >= 4 is 10.1 Å². The van der Waals surface area contributed by atoms with E-state index in [0.29, 0.717) is 0 Å². The van der Waals surface area contributed by atoms with Crippen molar-refractivity contribution in [2.24, 2.45) is 0 Å². The van der Waals surface area contributed by atoms with Crippen LogP contribution in [0.2, 0.25) is 0 Å². The van der Waals surface area contributed by atoms with Gasteiger partial charge in [-0.25, -0.2) is 0 Å². The predicted molar refractivity (Wildman–Crippen MR) is 76.9 cm³/mol. The van der Waals surface area contributed by atoms with Crippen molar-refractivity contribution in [3.63, 3.8) is 0 Å². The Morgan fingerprint density at radius 3 is 1.79 bits per heavy atom. The molecule has 0 spiro atoms. The average Bonchev–Trinajstić information content (AvgIpc) is 2.33. The van der Waals surface area contributed by atoms with Crippen molar-refractivity contribution in [1.29, 1.82) is 0 Å². The molecule has 0 fully saturated rings. The Bertz CT molecular complexity index is 632. The van der Waals surface area contributed by atoms with Crippen molar-refractivity contribution in [2.45, 2.75) is 25.7 Å². The van der Waals surface area contributed by atoms with E-state index in [4.69, 9.17) is 4.55 Å². The molecule has 0 saturated carbocycles. The van der Waals surface area contributed by atoms with Gasteiger partial charge in [-0.1, -0.05) is 42.0 Å². The van der Waals surface area contributed by atoms with Crippen LogP contribution in [-0.4, -0.2) is 13.0 Å². The highest BCUT2D eigenvalue weighted by atomic mass is 32.2. The topological polar surface area (TPSA) is 54.4 Å². The van der Waals surface area contributed by atoms with Crippen molar-refractivity contribution in [3.8, 4) is 0 Å². The van der Waals surface area contributed by atoms with Gasteiger partial charge in [0.05, 0.1) is 4.90 Å². The molecule has 1 N–H and O–H groups in total. The van der Waals surface area contributed by atoms with Crippen LogP contribution in [0, 0.1) is 20.8 Å². The summed E-state index contributed by atoms with van der Waals surface area (Å²) in [5.74, 6) is 0. The van der Waals surface area contributed by atoms with Crippen LogP contribution < -0.4 is 0 Å². The second-order valence-electron chi connectivity index (χ2n) is 4.38. The smallest absolute Gasteiger partial charge is 0.282 e. The molecule has 0 radical (unpaired) electrons. The molecule has 0 bridgehead atoms. The first-order valence-electron chi connectivity index (χ1n) is 5.87. The second-order valence-corrected chi connectivity index (χ2v) is 5.80. The molecule has 102 valence electrons. The summed E-state index contributed by atoms with van der Waals surface area (Å²) in [6, 6.07) is 14.8. The molecule has 0 saturated heterocycles. The minimum Gasteiger partial charge on any atom is -0.282 e. The summed E-state index contributed by atoms with van der Waals surface area (Å²) in [5.41, 5.74) is 3.18. The number of hydrogen-bond donors (Lipinski definition) is 1. The summed E-state index contributed by atoms with van der Waals surface area (Å²) in [4.78, 5) is -0.0504. The lowest BCUT2D eigenvalue weighted by molar-refractivity contribution is 0.483. The molecular formula is C15H18O3S. The fourth-order valence-electron chi connectivity index (χ4n) is 1.41. The minimum atomic E-state index is -4.04. The zero-order valence-corrected chi connectivity index (χ0v) is 12.1. The summed E-state index contributed by atoms with van der Waals surface area (Å²) in [6.07, 6.45) is 0. The Kier molecular flexibility index (Phi) is 5.27. The quantitative estimate of drug-likeness (QED) is 0.812. The second kappa shape index (κ2) is 6.50. The average molecular weight is 278 g/mol. The Balaban J connectivity index is 0.000000218. The van der Waals surface area contributed by atoms with Gasteiger partial charge in [-0.15, -0.1) is 0 Å². The minimum absolute atomic E-state index is 0.0504. The van der Waals surface area contributed by atoms with E-state index in [1.165, 1.54) is 17.7 Å². The lowest BCUT2D eigenvalue weighted by atomic mass is 10.1. The molecule has 0 unspecified atom stereocenters. The van der Waals surface area contributed by atoms with Gasteiger partial charge in [-0.3, -0.25) is 4.55 Å². The van der Waals surface area contributed by atoms with Crippen LogP contribution in [0.5, 0.6) is 0 Å². The van der Waals surface area contributed by atoms with Crippen LogP contribution in [-0.2, 0) is 10.1 Å². The van der Waals surface area contributed by atoms with E-state index in [-0.39, 0.29) is 4.90 Å². The molecule has 0 aliphatic heterocycles. The van der Waals surface area contributed by atoms with E-state index in [1.807, 2.05) is 25.1 Å². The highest BCUT2D eigenvalue weighted by Crippen LogP contribution is 2.13. The van der Waals surface area contributed by atoms with E-state index in [1.54, 1.807) is 13.0 Å². The van der Waals surface area contributed by atoms with Crippen LogP contribution >= 0.6 is 0 Å². The van der Waals surface area contributed by atoms with Crippen LogP contribution in [0.25, 0.3) is 0 Å². The maximum absolute atomic E-state index is 10.7. The Morgan fingerprint density at radius 2 is 1.42 bits per heavy atom. The van der Waals surface area contributed by atoms with Gasteiger partial charge in [0.15, 0.2) is 0 Å². The molecule has 19 heavy (non-hydrogen) atoms. The Hall–Kier alpha value is -1.65. The summed E-state index contributed by atoms with van der Waals surface area (Å²) >= 11 is 0. The number of aryl methyl sites for hydroxylation is 3. The molecule has 0 atom stereocenters. The van der Waals surface area contributed by atoms with Crippen LogP contribution in [0.15, 0.2) is 53.4 Å². The number of rotatable bonds is 1. The molecule has 4 heteroatoms. The van der Waals surface area contributed by atoms with Crippen LogP contribution in [0.4, 0.5) is 0 Å². The van der Waals surface area contributed by atoms with Gasteiger partial charge >= 0.3 is 0 Å². The van der Waals surface area contributed by atoms with Crippen molar-refractivity contribution in [2.75, 3.05) is 0 Å². The summed E-state index contributed by atoms with van der Waals surface area (Å²) in [5, 5.41) is 0. The third kappa shape index (κ3) is 5.24. The maximum atomic E-state index is 10.7. The standard InChI is InChI=1S/C8H10O3S.C7H8/c1-6-3-4-8(5-7(6)2)12(9,10)11;1-7-5-3-2-4-6-7/h3-5H,1-2H3,(H,9,10,11);2-6H,1H3. The zero-order chi connectivity index (χ0) is 14.5. The third-order valence-corrected chi connectivity index (χ3v) is 3.57. The van der Waals surface area contributed by atoms with E-state index < -0.39 is 10.1 Å². The molecule has 0 heterocycles. The van der Waals surface area contributed by atoms with Gasteiger partial charge in [0.25, 0.3) is 10.1 Å². The number of hydrogen-bond acceptors (Lipinski definition) is 2. The fraction of sp³-hybridized carbons (Fsp3) is 0.200. The zero-order valence-electron chi connectivity index (χ0n) is 11.3. The molecule has 0 aliphatic rings. The number of benzene rings is 2. The van der Waals surface area contributed by atoms with Gasteiger partial charge in [-0.2, -0.15) is 8.42 Å². The summed E-state index contributed by atoms with van der Waals surface area (Å²) < 4.78 is 30.0. The lowest BCUT2D eigenvalue weighted by Gasteiger charge is -2.01. The summed E-state index contributed by atoms with van der Waals surface area (Å²) in [6.45, 7) is 5.76. The van der Waals surface area contributed by atoms with Crippen molar-refractivity contribution in [1.82, 2.24) is 0 Å². The highest BCUT2D eigenvalue weighted by Gasteiger charge is 2.08. The van der Waals surface area contributed by atoms with E-state index in [0.717, 1.165) is 11.1 Å². The Labute approximate surface area is 114 Å². The van der Waals surface area contributed by atoms with Crippen molar-refractivity contribution < 1.29 is 13.0 Å². The molecule has 2 aromatic rings. The monoisotopic (exact) mass is 278 g/mol. The first-order valence-corrected chi connectivity index (χ1v) is 7.31. The predicted octanol–water partition coefficient (Wildman–Crippen LogP) is 3.55. The first kappa shape index (κ1) is 15.4. The highest BCUT2D eigenvalue weighted by molar-refractivity contribution is 7.85. The van der Waals surface area contributed by atoms with E-state index >= 15 is 0 Å². The van der Waals surface area contributed by atoms with Gasteiger partial charge in [0, 0.05) is 0 Å². The lowest BCUT2D eigenvalue weighted by Crippen LogP contribution is -1.98. The largest absolute Gasteiger partial charge is 0.294 e. The van der Waals surface area contributed by atoms with E-state index in [2.05, 4.69) is 19.1 Å². The molecule has 0 aliphatic carbocycles. The fourth-order valence-corrected chi connectivity index (χ4v) is 1.97. The molecule has 0 amide bonds. The summed E-state index contributed by atoms with van der Waals surface area (Å²) in [7, 11) is -4.04. The maximum Gasteiger partial charge on any atom is 0.294 e. The first-order chi connectivity index (χ1) is 8.80. The van der Waals surface area contributed by atoms with Crippen LogP contribution in [0.1, 0.15) is 16.7 Å². The SMILES string of the molecule is Cc1ccc(S(=O)(=O)O)cc1C.Cc1ccccc1. The van der Waals surface area contributed by atoms with Gasteiger partial charge in [0.2, 0.25) is 0 Å². The van der Waals surface area contributed by atoms with Gasteiger partial charge in [0.1, 0.15) is 0 Å². The molecular weight excluding hydrogens is 260 g/mol. The molecule has 3 nitrogen and oxygen atoms in total. The molecule has 2 aromatic carbocycles. The van der Waals surface area contributed by atoms with Crippen molar-refractivity contribution in [3.05, 3.63) is 65.2 Å². The van der Waals surface area contributed by atoms with Crippen LogP contribution in [0.3, 0.4) is 0 Å². The molecule has 0 aromatic heterocycles. The normalized spacial score (nSPS) is 10.5. The van der Waals surface area contributed by atoms with E-state index in [9.17, 15) is 8.42 Å². The Morgan fingerprint density at radius 1 is 0.842 bits per heavy atom. The molecule has 2 rings (SSSR count). The third-order valence-electron chi connectivity index (χ3n) is 2.72.